The third-order valence-corrected chi connectivity index (χ3v) is 7.46. The van der Waals surface area contributed by atoms with Gasteiger partial charge in [0.2, 0.25) is 10.0 Å². The number of hydrogen-bond acceptors (Lipinski definition) is 6. The summed E-state index contributed by atoms with van der Waals surface area (Å²) >= 11 is 0. The highest BCUT2D eigenvalue weighted by atomic mass is 32.2. The monoisotopic (exact) mass is 431 g/mol. The van der Waals surface area contributed by atoms with Crippen molar-refractivity contribution in [2.24, 2.45) is 0 Å². The van der Waals surface area contributed by atoms with Gasteiger partial charge in [-0.3, -0.25) is 0 Å². The number of hydrogen-bond donors (Lipinski definition) is 1. The zero-order valence-electron chi connectivity index (χ0n) is 16.6. The lowest BCUT2D eigenvalue weighted by Gasteiger charge is -2.28. The van der Waals surface area contributed by atoms with Crippen LogP contribution in [0.2, 0.25) is 0 Å². The Kier molecular flexibility index (Phi) is 5.39. The van der Waals surface area contributed by atoms with Crippen molar-refractivity contribution in [2.75, 3.05) is 6.61 Å². The number of rotatable bonds is 5. The summed E-state index contributed by atoms with van der Waals surface area (Å²) in [7, 11) is -4.01. The Bertz CT molecular complexity index is 1140. The van der Waals surface area contributed by atoms with E-state index in [4.69, 9.17) is 0 Å². The van der Waals surface area contributed by atoms with Crippen LogP contribution in [0.15, 0.2) is 47.4 Å². The smallest absolute Gasteiger partial charge is 0.244 e. The molecule has 3 aromatic rings. The Morgan fingerprint density at radius 3 is 2.40 bits per heavy atom. The second kappa shape index (κ2) is 7.86. The first kappa shape index (κ1) is 20.6. The van der Waals surface area contributed by atoms with E-state index in [9.17, 15) is 17.9 Å². The van der Waals surface area contributed by atoms with Crippen molar-refractivity contribution in [1.82, 2.24) is 24.5 Å². The molecule has 1 saturated heterocycles. The van der Waals surface area contributed by atoms with Gasteiger partial charge in [0.05, 0.1) is 23.2 Å². The Morgan fingerprint density at radius 1 is 1.10 bits per heavy atom. The molecule has 0 radical (unpaired) electrons. The number of aliphatic hydroxyl groups excluding tert-OH is 1. The second-order valence-corrected chi connectivity index (χ2v) is 9.25. The second-order valence-electron chi connectivity index (χ2n) is 7.41. The molecule has 0 unspecified atom stereocenters. The van der Waals surface area contributed by atoms with Crippen LogP contribution in [0.3, 0.4) is 0 Å². The molecule has 8 nitrogen and oxygen atoms in total. The Labute approximate surface area is 174 Å². The van der Waals surface area contributed by atoms with E-state index in [0.717, 1.165) is 28.9 Å². The van der Waals surface area contributed by atoms with Crippen LogP contribution in [0.4, 0.5) is 4.39 Å². The van der Waals surface area contributed by atoms with Crippen molar-refractivity contribution in [3.05, 3.63) is 65.2 Å². The van der Waals surface area contributed by atoms with Crippen molar-refractivity contribution in [2.45, 2.75) is 43.7 Å². The van der Waals surface area contributed by atoms with Crippen LogP contribution in [0.1, 0.15) is 35.8 Å². The normalized spacial score (nSPS) is 20.0. The molecule has 2 atom stereocenters. The average molecular weight is 431 g/mol. The standard InChI is InChI=1S/C20H22FN5O3S/c1-13-4-3-5-14(2)19(13)25-20(22-23-24-25)18-11-8-16(12-27)26(18)30(28,29)17-9-6-15(21)7-10-17/h3-7,9-10,16,18,27H,8,11-12H2,1-2H3/t16-,18-/m0/s1. The number of nitrogens with zero attached hydrogens (tertiary/aromatic N) is 5. The highest BCUT2D eigenvalue weighted by molar-refractivity contribution is 7.89. The predicted molar refractivity (Wildman–Crippen MR) is 107 cm³/mol. The van der Waals surface area contributed by atoms with Crippen LogP contribution >= 0.6 is 0 Å². The maximum absolute atomic E-state index is 13.4. The molecule has 4 rings (SSSR count). The molecule has 30 heavy (non-hydrogen) atoms. The first-order chi connectivity index (χ1) is 14.3. The summed E-state index contributed by atoms with van der Waals surface area (Å²) in [5.74, 6) is -0.140. The molecule has 1 aromatic heterocycles. The molecule has 2 aromatic carbocycles. The zero-order chi connectivity index (χ0) is 21.5. The van der Waals surface area contributed by atoms with Crippen molar-refractivity contribution in [3.63, 3.8) is 0 Å². The van der Waals surface area contributed by atoms with Gasteiger partial charge >= 0.3 is 0 Å². The number of para-hydroxylation sites is 1. The van der Waals surface area contributed by atoms with Crippen LogP contribution in [0.5, 0.6) is 0 Å². The first-order valence-electron chi connectivity index (χ1n) is 9.59. The minimum absolute atomic E-state index is 0.0413. The zero-order valence-corrected chi connectivity index (χ0v) is 17.4. The Balaban J connectivity index is 1.82. The number of tetrazole rings is 1. The van der Waals surface area contributed by atoms with Gasteiger partial charge < -0.3 is 5.11 Å². The fourth-order valence-electron chi connectivity index (χ4n) is 4.07. The maximum atomic E-state index is 13.4. The minimum atomic E-state index is -4.01. The van der Waals surface area contributed by atoms with Gasteiger partial charge in [-0.25, -0.2) is 12.8 Å². The summed E-state index contributed by atoms with van der Waals surface area (Å²) < 4.78 is 43.0. The lowest BCUT2D eigenvalue weighted by Crippen LogP contribution is -2.40. The summed E-state index contributed by atoms with van der Waals surface area (Å²) in [6, 6.07) is 9.18. The molecule has 2 heterocycles. The molecular weight excluding hydrogens is 409 g/mol. The molecule has 1 aliphatic rings. The van der Waals surface area contributed by atoms with Crippen LogP contribution in [0.25, 0.3) is 5.69 Å². The van der Waals surface area contributed by atoms with Crippen molar-refractivity contribution in [1.29, 1.82) is 0 Å². The summed E-state index contributed by atoms with van der Waals surface area (Å²) in [6.45, 7) is 3.54. The molecule has 1 N–H and O–H groups in total. The molecule has 0 bridgehead atoms. The molecule has 1 aliphatic heterocycles. The molecule has 0 spiro atoms. The largest absolute Gasteiger partial charge is 0.395 e. The molecule has 0 amide bonds. The van der Waals surface area contributed by atoms with Crippen LogP contribution in [0, 0.1) is 19.7 Å². The third-order valence-electron chi connectivity index (χ3n) is 5.48. The van der Waals surface area contributed by atoms with Crippen LogP contribution < -0.4 is 0 Å². The summed E-state index contributed by atoms with van der Waals surface area (Å²) in [6.07, 6.45) is 0.915. The number of aryl methyl sites for hydroxylation is 2. The molecule has 0 saturated carbocycles. The number of halogens is 1. The average Bonchev–Trinajstić information content (AvgIpc) is 3.35. The highest BCUT2D eigenvalue weighted by Crippen LogP contribution is 2.40. The lowest BCUT2D eigenvalue weighted by atomic mass is 10.1. The summed E-state index contributed by atoms with van der Waals surface area (Å²) in [5, 5.41) is 21.9. The number of aliphatic hydroxyl groups is 1. The SMILES string of the molecule is Cc1cccc(C)c1-n1nnnc1[C@@H]1CC[C@@H](CO)N1S(=O)(=O)c1ccc(F)cc1. The first-order valence-corrected chi connectivity index (χ1v) is 11.0. The number of sulfonamides is 1. The van der Waals surface area contributed by atoms with Gasteiger partial charge in [0.25, 0.3) is 0 Å². The van der Waals surface area contributed by atoms with Gasteiger partial charge in [0.1, 0.15) is 5.82 Å². The predicted octanol–water partition coefficient (Wildman–Crippen LogP) is 2.30. The maximum Gasteiger partial charge on any atom is 0.244 e. The molecule has 158 valence electrons. The summed E-state index contributed by atoms with van der Waals surface area (Å²) in [5.41, 5.74) is 2.70. The number of aromatic nitrogens is 4. The van der Waals surface area contributed by atoms with Gasteiger partial charge in [-0.2, -0.15) is 8.99 Å². The van der Waals surface area contributed by atoms with Crippen molar-refractivity contribution in [3.8, 4) is 5.69 Å². The van der Waals surface area contributed by atoms with Gasteiger partial charge in [0, 0.05) is 6.04 Å². The lowest BCUT2D eigenvalue weighted by molar-refractivity contribution is 0.195. The van der Waals surface area contributed by atoms with Gasteiger partial charge in [-0.15, -0.1) is 5.10 Å². The quantitative estimate of drug-likeness (QED) is 0.665. The number of benzene rings is 2. The van der Waals surface area contributed by atoms with Crippen LogP contribution in [-0.2, 0) is 10.0 Å². The molecule has 1 fully saturated rings. The molecule has 10 heteroatoms. The van der Waals surface area contributed by atoms with E-state index in [1.54, 1.807) is 4.68 Å². The van der Waals surface area contributed by atoms with Crippen LogP contribution in [-0.4, -0.2) is 50.7 Å². The minimum Gasteiger partial charge on any atom is -0.395 e. The van der Waals surface area contributed by atoms with Crippen molar-refractivity contribution >= 4 is 10.0 Å². The summed E-state index contributed by atoms with van der Waals surface area (Å²) in [4.78, 5) is -0.0413. The van der Waals surface area contributed by atoms with Gasteiger partial charge in [0.15, 0.2) is 5.82 Å². The van der Waals surface area contributed by atoms with E-state index in [0.29, 0.717) is 18.7 Å². The fraction of sp³-hybridized carbons (Fsp3) is 0.350. The van der Waals surface area contributed by atoms with E-state index in [2.05, 4.69) is 15.5 Å². The molecule has 0 aliphatic carbocycles. The Morgan fingerprint density at radius 2 is 1.77 bits per heavy atom. The van der Waals surface area contributed by atoms with E-state index >= 15 is 0 Å². The molecular formula is C20H22FN5O3S. The Hall–Kier alpha value is -2.69. The van der Waals surface area contributed by atoms with E-state index in [-0.39, 0.29) is 11.5 Å². The van der Waals surface area contributed by atoms with E-state index in [1.165, 1.54) is 16.4 Å². The van der Waals surface area contributed by atoms with Gasteiger partial charge in [-0.1, -0.05) is 18.2 Å². The highest BCUT2D eigenvalue weighted by Gasteiger charge is 2.45. The van der Waals surface area contributed by atoms with E-state index < -0.39 is 27.9 Å². The third kappa shape index (κ3) is 3.40. The topological polar surface area (TPSA) is 101 Å². The van der Waals surface area contributed by atoms with Crippen molar-refractivity contribution < 1.29 is 17.9 Å². The van der Waals surface area contributed by atoms with E-state index in [1.807, 2.05) is 32.0 Å². The van der Waals surface area contributed by atoms with Gasteiger partial charge in [-0.05, 0) is 72.5 Å². The fourth-order valence-corrected chi connectivity index (χ4v) is 5.89.